The SMILES string of the molecule is CCCN(CCC)c1nc(N)ncc1[N+](=O)[O-]. The summed E-state index contributed by atoms with van der Waals surface area (Å²) in [6, 6.07) is 0. The van der Waals surface area contributed by atoms with Gasteiger partial charge in [0.05, 0.1) is 4.92 Å². The summed E-state index contributed by atoms with van der Waals surface area (Å²) in [5.74, 6) is 0.369. The molecule has 0 unspecified atom stereocenters. The van der Waals surface area contributed by atoms with Gasteiger partial charge in [-0.05, 0) is 12.8 Å². The van der Waals surface area contributed by atoms with E-state index in [1.165, 1.54) is 0 Å². The van der Waals surface area contributed by atoms with Gasteiger partial charge in [-0.2, -0.15) is 4.98 Å². The molecular weight excluding hydrogens is 222 g/mol. The first-order valence-corrected chi connectivity index (χ1v) is 5.62. The molecule has 0 bridgehead atoms. The third-order valence-corrected chi connectivity index (χ3v) is 2.25. The van der Waals surface area contributed by atoms with Crippen molar-refractivity contribution < 1.29 is 4.92 Å². The fourth-order valence-corrected chi connectivity index (χ4v) is 1.60. The summed E-state index contributed by atoms with van der Waals surface area (Å²) in [7, 11) is 0. The predicted molar refractivity (Wildman–Crippen MR) is 65.9 cm³/mol. The van der Waals surface area contributed by atoms with E-state index in [1.807, 2.05) is 18.7 Å². The number of hydrogen-bond acceptors (Lipinski definition) is 6. The van der Waals surface area contributed by atoms with Gasteiger partial charge in [0, 0.05) is 13.1 Å². The van der Waals surface area contributed by atoms with Crippen LogP contribution in [0.4, 0.5) is 17.5 Å². The molecule has 2 N–H and O–H groups in total. The fourth-order valence-electron chi connectivity index (χ4n) is 1.60. The van der Waals surface area contributed by atoms with E-state index in [9.17, 15) is 10.1 Å². The predicted octanol–water partition coefficient (Wildman–Crippen LogP) is 1.59. The first-order chi connectivity index (χ1) is 8.10. The van der Waals surface area contributed by atoms with E-state index in [-0.39, 0.29) is 11.6 Å². The Kier molecular flexibility index (Phi) is 4.62. The van der Waals surface area contributed by atoms with Gasteiger partial charge in [-0.15, -0.1) is 0 Å². The minimum atomic E-state index is -0.479. The second-order valence-corrected chi connectivity index (χ2v) is 3.68. The molecule has 94 valence electrons. The van der Waals surface area contributed by atoms with Gasteiger partial charge in [-0.25, -0.2) is 4.98 Å². The average Bonchev–Trinajstić information content (AvgIpc) is 2.28. The molecule has 0 saturated heterocycles. The van der Waals surface area contributed by atoms with E-state index in [1.54, 1.807) is 0 Å². The highest BCUT2D eigenvalue weighted by Gasteiger charge is 2.21. The summed E-state index contributed by atoms with van der Waals surface area (Å²) in [6.45, 7) is 5.45. The number of anilines is 2. The van der Waals surface area contributed by atoms with E-state index in [2.05, 4.69) is 9.97 Å². The molecular formula is C10H17N5O2. The molecule has 0 amide bonds. The highest BCUT2D eigenvalue weighted by molar-refractivity contribution is 5.58. The largest absolute Gasteiger partial charge is 0.368 e. The van der Waals surface area contributed by atoms with Crippen LogP contribution in [0, 0.1) is 10.1 Å². The maximum absolute atomic E-state index is 10.9. The Balaban J connectivity index is 3.14. The standard InChI is InChI=1S/C10H17N5O2/c1-3-5-14(6-4-2)9-8(15(16)17)7-12-10(11)13-9/h7H,3-6H2,1-2H3,(H2,11,12,13). The zero-order valence-corrected chi connectivity index (χ0v) is 10.1. The first kappa shape index (κ1) is 13.1. The van der Waals surface area contributed by atoms with Gasteiger partial charge in [-0.3, -0.25) is 10.1 Å². The minimum absolute atomic E-state index is 0.0582. The number of nitrogen functional groups attached to an aromatic ring is 1. The van der Waals surface area contributed by atoms with Crippen LogP contribution in [0.3, 0.4) is 0 Å². The van der Waals surface area contributed by atoms with Gasteiger partial charge < -0.3 is 10.6 Å². The Morgan fingerprint density at radius 1 is 1.41 bits per heavy atom. The third-order valence-electron chi connectivity index (χ3n) is 2.25. The molecule has 1 aromatic heterocycles. The number of hydrogen-bond donors (Lipinski definition) is 1. The maximum Gasteiger partial charge on any atom is 0.329 e. The zero-order chi connectivity index (χ0) is 12.8. The number of nitrogens with zero attached hydrogens (tertiary/aromatic N) is 4. The van der Waals surface area contributed by atoms with Gasteiger partial charge >= 0.3 is 5.69 Å². The lowest BCUT2D eigenvalue weighted by Crippen LogP contribution is -2.27. The van der Waals surface area contributed by atoms with Gasteiger partial charge in [0.15, 0.2) is 0 Å². The van der Waals surface area contributed by atoms with Crippen molar-refractivity contribution in [2.24, 2.45) is 0 Å². The summed E-state index contributed by atoms with van der Waals surface area (Å²) < 4.78 is 0. The van der Waals surface area contributed by atoms with Gasteiger partial charge in [0.1, 0.15) is 6.20 Å². The van der Waals surface area contributed by atoms with Gasteiger partial charge in [0.2, 0.25) is 11.8 Å². The molecule has 7 heteroatoms. The monoisotopic (exact) mass is 239 g/mol. The summed E-state index contributed by atoms with van der Waals surface area (Å²) in [6.07, 6.45) is 2.94. The highest BCUT2D eigenvalue weighted by atomic mass is 16.6. The van der Waals surface area contributed by atoms with Crippen molar-refractivity contribution >= 4 is 17.5 Å². The van der Waals surface area contributed by atoms with E-state index in [0.717, 1.165) is 19.0 Å². The van der Waals surface area contributed by atoms with E-state index in [0.29, 0.717) is 18.9 Å². The van der Waals surface area contributed by atoms with Crippen LogP contribution < -0.4 is 10.6 Å². The quantitative estimate of drug-likeness (QED) is 0.598. The molecule has 1 heterocycles. The van der Waals surface area contributed by atoms with Crippen LogP contribution in [0.1, 0.15) is 26.7 Å². The molecule has 0 saturated carbocycles. The van der Waals surface area contributed by atoms with E-state index < -0.39 is 4.92 Å². The Labute approximate surface area is 99.8 Å². The maximum atomic E-state index is 10.9. The highest BCUT2D eigenvalue weighted by Crippen LogP contribution is 2.25. The zero-order valence-electron chi connectivity index (χ0n) is 10.1. The molecule has 7 nitrogen and oxygen atoms in total. The van der Waals surface area contributed by atoms with Crippen molar-refractivity contribution in [2.45, 2.75) is 26.7 Å². The molecule has 17 heavy (non-hydrogen) atoms. The summed E-state index contributed by atoms with van der Waals surface area (Å²) in [5.41, 5.74) is 5.39. The van der Waals surface area contributed by atoms with Crippen molar-refractivity contribution in [3.63, 3.8) is 0 Å². The lowest BCUT2D eigenvalue weighted by Gasteiger charge is -2.21. The molecule has 0 aliphatic carbocycles. The Bertz CT molecular complexity index is 390. The summed E-state index contributed by atoms with van der Waals surface area (Å²) in [4.78, 5) is 19.9. The average molecular weight is 239 g/mol. The summed E-state index contributed by atoms with van der Waals surface area (Å²) in [5, 5.41) is 10.9. The molecule has 0 fully saturated rings. The summed E-state index contributed by atoms with van der Waals surface area (Å²) >= 11 is 0. The Hall–Kier alpha value is -1.92. The second kappa shape index (κ2) is 5.97. The van der Waals surface area contributed by atoms with Crippen LogP contribution in [-0.4, -0.2) is 28.0 Å². The van der Waals surface area contributed by atoms with Crippen molar-refractivity contribution in [1.82, 2.24) is 9.97 Å². The van der Waals surface area contributed by atoms with Crippen LogP contribution in [0.25, 0.3) is 0 Å². The van der Waals surface area contributed by atoms with E-state index in [4.69, 9.17) is 5.73 Å². The lowest BCUT2D eigenvalue weighted by atomic mass is 10.3. The van der Waals surface area contributed by atoms with Crippen molar-refractivity contribution in [1.29, 1.82) is 0 Å². The molecule has 0 aliphatic heterocycles. The lowest BCUT2D eigenvalue weighted by molar-refractivity contribution is -0.384. The molecule has 0 radical (unpaired) electrons. The normalized spacial score (nSPS) is 10.2. The van der Waals surface area contributed by atoms with Crippen molar-refractivity contribution in [2.75, 3.05) is 23.7 Å². The number of rotatable bonds is 6. The fraction of sp³-hybridized carbons (Fsp3) is 0.600. The second-order valence-electron chi connectivity index (χ2n) is 3.68. The van der Waals surface area contributed by atoms with Crippen LogP contribution >= 0.6 is 0 Å². The molecule has 0 spiro atoms. The minimum Gasteiger partial charge on any atom is -0.368 e. The van der Waals surface area contributed by atoms with E-state index >= 15 is 0 Å². The van der Waals surface area contributed by atoms with Crippen LogP contribution in [-0.2, 0) is 0 Å². The topological polar surface area (TPSA) is 98.2 Å². The van der Waals surface area contributed by atoms with Gasteiger partial charge in [-0.1, -0.05) is 13.8 Å². The Morgan fingerprint density at radius 3 is 2.47 bits per heavy atom. The Morgan fingerprint density at radius 2 is 2.00 bits per heavy atom. The van der Waals surface area contributed by atoms with Gasteiger partial charge in [0.25, 0.3) is 0 Å². The third kappa shape index (κ3) is 3.27. The molecule has 1 rings (SSSR count). The molecule has 0 atom stereocenters. The smallest absolute Gasteiger partial charge is 0.329 e. The van der Waals surface area contributed by atoms with Crippen LogP contribution in [0.2, 0.25) is 0 Å². The molecule has 0 aliphatic rings. The first-order valence-electron chi connectivity index (χ1n) is 5.62. The van der Waals surface area contributed by atoms with Crippen LogP contribution in [0.15, 0.2) is 6.20 Å². The number of nitro groups is 1. The number of nitrogens with two attached hydrogens (primary N) is 1. The van der Waals surface area contributed by atoms with Crippen molar-refractivity contribution in [3.05, 3.63) is 16.3 Å². The van der Waals surface area contributed by atoms with Crippen LogP contribution in [0.5, 0.6) is 0 Å². The number of aromatic nitrogens is 2. The molecule has 0 aromatic carbocycles. The molecule has 1 aromatic rings. The van der Waals surface area contributed by atoms with Crippen molar-refractivity contribution in [3.8, 4) is 0 Å².